The number of ether oxygens (including phenoxy) is 1. The summed E-state index contributed by atoms with van der Waals surface area (Å²) in [6.07, 6.45) is -1.54. The lowest BCUT2D eigenvalue weighted by Crippen LogP contribution is -2.34. The molecule has 5 rings (SSSR count). The fourth-order valence-electron chi connectivity index (χ4n) is 4.01. The Morgan fingerprint density at radius 3 is 2.77 bits per heavy atom. The zero-order valence-corrected chi connectivity index (χ0v) is 18.4. The molecule has 0 saturated carbocycles. The predicted molar refractivity (Wildman–Crippen MR) is 126 cm³/mol. The van der Waals surface area contributed by atoms with Gasteiger partial charge >= 0.3 is 6.18 Å². The van der Waals surface area contributed by atoms with Gasteiger partial charge in [-0.1, -0.05) is 12.6 Å². The first kappa shape index (κ1) is 22.5. The molecule has 178 valence electrons. The summed E-state index contributed by atoms with van der Waals surface area (Å²) in [4.78, 5) is 25.9. The molecule has 0 spiro atoms. The third-order valence-electron chi connectivity index (χ3n) is 5.64. The Kier molecular flexibility index (Phi) is 5.64. The van der Waals surface area contributed by atoms with Crippen molar-refractivity contribution in [3.63, 3.8) is 0 Å². The standard InChI is InChI=1S/C25H20F3N5O2/c1-15-14-33(10-11-35-15)17-7-8-18(20(12-17)25(26,27)28)23-31-21-6-2-5-19(22(21)32-23)24(34)30-16-4-3-9-29-13-16/h2-9,12-13H,1,10-11,14H2,(H,30,34)(H,31,32). The first-order chi connectivity index (χ1) is 16.8. The van der Waals surface area contributed by atoms with E-state index in [1.807, 2.05) is 0 Å². The van der Waals surface area contributed by atoms with E-state index in [1.54, 1.807) is 47.5 Å². The van der Waals surface area contributed by atoms with E-state index in [2.05, 4.69) is 26.8 Å². The molecule has 1 amide bonds. The Bertz CT molecular complexity index is 1420. The summed E-state index contributed by atoms with van der Waals surface area (Å²) in [6.45, 7) is 4.89. The first-order valence-corrected chi connectivity index (χ1v) is 10.8. The van der Waals surface area contributed by atoms with Gasteiger partial charge in [-0.05, 0) is 42.5 Å². The van der Waals surface area contributed by atoms with Crippen molar-refractivity contribution in [1.29, 1.82) is 0 Å². The summed E-state index contributed by atoms with van der Waals surface area (Å²) in [7, 11) is 0. The molecule has 35 heavy (non-hydrogen) atoms. The van der Waals surface area contributed by atoms with Crippen LogP contribution in [0.15, 0.2) is 73.3 Å². The smallest absolute Gasteiger partial charge is 0.417 e. The molecule has 0 unspecified atom stereocenters. The maximum Gasteiger partial charge on any atom is 0.417 e. The number of carbonyl (C=O) groups excluding carboxylic acids is 1. The number of aromatic amines is 1. The van der Waals surface area contributed by atoms with Gasteiger partial charge < -0.3 is 19.9 Å². The molecule has 3 heterocycles. The van der Waals surface area contributed by atoms with E-state index in [9.17, 15) is 18.0 Å². The van der Waals surface area contributed by atoms with Crippen molar-refractivity contribution in [2.45, 2.75) is 6.18 Å². The normalized spacial score (nSPS) is 14.1. The molecule has 0 aliphatic carbocycles. The lowest BCUT2D eigenvalue weighted by Gasteiger charge is -2.31. The van der Waals surface area contributed by atoms with Crippen LogP contribution in [0, 0.1) is 0 Å². The van der Waals surface area contributed by atoms with Crippen LogP contribution in [0.2, 0.25) is 0 Å². The molecule has 1 fully saturated rings. The van der Waals surface area contributed by atoms with E-state index in [0.717, 1.165) is 6.07 Å². The summed E-state index contributed by atoms with van der Waals surface area (Å²) in [6, 6.07) is 12.3. The van der Waals surface area contributed by atoms with Gasteiger partial charge in [-0.25, -0.2) is 4.98 Å². The number of fused-ring (bicyclic) bond motifs is 1. The van der Waals surface area contributed by atoms with Gasteiger partial charge in [-0.2, -0.15) is 13.2 Å². The van der Waals surface area contributed by atoms with Crippen LogP contribution in [0.3, 0.4) is 0 Å². The van der Waals surface area contributed by atoms with Crippen molar-refractivity contribution in [2.75, 3.05) is 29.9 Å². The highest BCUT2D eigenvalue weighted by Crippen LogP contribution is 2.39. The highest BCUT2D eigenvalue weighted by atomic mass is 19.4. The number of carbonyl (C=O) groups is 1. The maximum absolute atomic E-state index is 14.1. The van der Waals surface area contributed by atoms with Gasteiger partial charge in [-0.3, -0.25) is 9.78 Å². The number of benzene rings is 2. The maximum atomic E-state index is 14.1. The number of H-pyrrole nitrogens is 1. The third-order valence-corrected chi connectivity index (χ3v) is 5.64. The molecular formula is C25H20F3N5O2. The number of halogens is 3. The van der Waals surface area contributed by atoms with Crippen LogP contribution >= 0.6 is 0 Å². The van der Waals surface area contributed by atoms with Crippen LogP contribution in [-0.4, -0.2) is 40.6 Å². The fourth-order valence-corrected chi connectivity index (χ4v) is 4.01. The van der Waals surface area contributed by atoms with Crippen LogP contribution in [0.1, 0.15) is 15.9 Å². The Balaban J connectivity index is 1.54. The number of amides is 1. The zero-order chi connectivity index (χ0) is 24.6. The summed E-state index contributed by atoms with van der Waals surface area (Å²) >= 11 is 0. The minimum atomic E-state index is -4.62. The van der Waals surface area contributed by atoms with Crippen LogP contribution in [-0.2, 0) is 10.9 Å². The number of nitrogens with zero attached hydrogens (tertiary/aromatic N) is 3. The average Bonchev–Trinajstić information content (AvgIpc) is 3.28. The average molecular weight is 479 g/mol. The molecular weight excluding hydrogens is 459 g/mol. The molecule has 0 atom stereocenters. The minimum Gasteiger partial charge on any atom is -0.495 e. The molecule has 2 aromatic heterocycles. The van der Waals surface area contributed by atoms with E-state index >= 15 is 0 Å². The molecule has 0 radical (unpaired) electrons. The first-order valence-electron chi connectivity index (χ1n) is 10.8. The molecule has 1 aliphatic rings. The third kappa shape index (κ3) is 4.54. The van der Waals surface area contributed by atoms with Crippen molar-refractivity contribution >= 4 is 28.3 Å². The van der Waals surface area contributed by atoms with E-state index in [4.69, 9.17) is 4.74 Å². The second-order valence-electron chi connectivity index (χ2n) is 8.02. The molecule has 4 aromatic rings. The van der Waals surface area contributed by atoms with Crippen molar-refractivity contribution in [3.8, 4) is 11.4 Å². The number of hydrogen-bond donors (Lipinski definition) is 2. The largest absolute Gasteiger partial charge is 0.495 e. The van der Waals surface area contributed by atoms with Crippen LogP contribution < -0.4 is 10.2 Å². The number of para-hydroxylation sites is 1. The number of anilines is 2. The number of rotatable bonds is 4. The summed E-state index contributed by atoms with van der Waals surface area (Å²) in [5, 5.41) is 2.72. The van der Waals surface area contributed by atoms with E-state index in [-0.39, 0.29) is 22.5 Å². The summed E-state index contributed by atoms with van der Waals surface area (Å²) in [5.74, 6) is 0.0794. The van der Waals surface area contributed by atoms with Crippen molar-refractivity contribution in [3.05, 3.63) is 84.4 Å². The Morgan fingerprint density at radius 1 is 1.17 bits per heavy atom. The van der Waals surface area contributed by atoms with Crippen molar-refractivity contribution < 1.29 is 22.7 Å². The van der Waals surface area contributed by atoms with Gasteiger partial charge in [0.1, 0.15) is 23.7 Å². The highest BCUT2D eigenvalue weighted by molar-refractivity contribution is 6.11. The number of hydrogen-bond acceptors (Lipinski definition) is 5. The molecule has 0 bridgehead atoms. The zero-order valence-electron chi connectivity index (χ0n) is 18.4. The topological polar surface area (TPSA) is 83.1 Å². The number of alkyl halides is 3. The molecule has 1 aliphatic heterocycles. The molecule has 10 heteroatoms. The Morgan fingerprint density at radius 2 is 2.03 bits per heavy atom. The monoisotopic (exact) mass is 479 g/mol. The Labute approximate surface area is 198 Å². The molecule has 2 aromatic carbocycles. The van der Waals surface area contributed by atoms with Crippen molar-refractivity contribution in [2.24, 2.45) is 0 Å². The van der Waals surface area contributed by atoms with Crippen LogP contribution in [0.25, 0.3) is 22.4 Å². The second-order valence-corrected chi connectivity index (χ2v) is 8.02. The molecule has 2 N–H and O–H groups in total. The minimum absolute atomic E-state index is 0.0203. The number of aromatic nitrogens is 3. The quantitative estimate of drug-likeness (QED) is 0.418. The van der Waals surface area contributed by atoms with Crippen molar-refractivity contribution in [1.82, 2.24) is 15.0 Å². The van der Waals surface area contributed by atoms with Gasteiger partial charge in [0, 0.05) is 17.4 Å². The van der Waals surface area contributed by atoms with Gasteiger partial charge in [0.25, 0.3) is 5.91 Å². The van der Waals surface area contributed by atoms with Crippen LogP contribution in [0.5, 0.6) is 0 Å². The lowest BCUT2D eigenvalue weighted by molar-refractivity contribution is -0.137. The SMILES string of the molecule is C=C1CN(c2ccc(-c3nc4c(C(=O)Nc5cccnc5)cccc4[nH]3)c(C(F)(F)F)c2)CCO1. The molecule has 1 saturated heterocycles. The molecule has 7 nitrogen and oxygen atoms in total. The number of pyridine rings is 1. The summed E-state index contributed by atoms with van der Waals surface area (Å²) < 4.78 is 47.6. The summed E-state index contributed by atoms with van der Waals surface area (Å²) in [5.41, 5.74) is 0.914. The number of imidazole rings is 1. The Hall–Kier alpha value is -4.34. The van der Waals surface area contributed by atoms with E-state index < -0.39 is 17.6 Å². The highest BCUT2D eigenvalue weighted by Gasteiger charge is 2.35. The second kappa shape index (κ2) is 8.79. The van der Waals surface area contributed by atoms with E-state index in [1.165, 1.54) is 12.3 Å². The number of morpholine rings is 1. The fraction of sp³-hybridized carbons (Fsp3) is 0.160. The predicted octanol–water partition coefficient (Wildman–Crippen LogP) is 5.25. The van der Waals surface area contributed by atoms with Crippen LogP contribution in [0.4, 0.5) is 24.5 Å². The van der Waals surface area contributed by atoms with Gasteiger partial charge in [0.05, 0.1) is 41.6 Å². The van der Waals surface area contributed by atoms with Gasteiger partial charge in [0.2, 0.25) is 0 Å². The van der Waals surface area contributed by atoms with Gasteiger partial charge in [0.15, 0.2) is 0 Å². The lowest BCUT2D eigenvalue weighted by atomic mass is 10.0. The van der Waals surface area contributed by atoms with E-state index in [0.29, 0.717) is 42.3 Å². The number of nitrogens with one attached hydrogen (secondary N) is 2. The van der Waals surface area contributed by atoms with Gasteiger partial charge in [-0.15, -0.1) is 0 Å².